The quantitative estimate of drug-likeness (QED) is 0.792. The lowest BCUT2D eigenvalue weighted by molar-refractivity contribution is -0.122. The molecule has 1 aliphatic rings. The molecule has 1 amide bonds. The van der Waals surface area contributed by atoms with Crippen LogP contribution in [0.25, 0.3) is 0 Å². The predicted octanol–water partition coefficient (Wildman–Crippen LogP) is 1.70. The number of nitrogens with zero attached hydrogens (tertiary/aromatic N) is 1. The molecule has 1 unspecified atom stereocenters. The van der Waals surface area contributed by atoms with E-state index in [4.69, 9.17) is 4.74 Å². The van der Waals surface area contributed by atoms with Gasteiger partial charge in [-0.15, -0.1) is 0 Å². The topological polar surface area (TPSA) is 41.6 Å². The fraction of sp³-hybridized carbons (Fsp3) is 0.588. The zero-order valence-corrected chi connectivity index (χ0v) is 12.9. The second-order valence-corrected chi connectivity index (χ2v) is 5.74. The van der Waals surface area contributed by atoms with Gasteiger partial charge >= 0.3 is 0 Å². The second-order valence-electron chi connectivity index (χ2n) is 5.74. The highest BCUT2D eigenvalue weighted by molar-refractivity contribution is 5.75. The number of carbonyl (C=O) groups is 1. The number of hydrogen-bond acceptors (Lipinski definition) is 3. The smallest absolute Gasteiger partial charge is 0.222 e. The second kappa shape index (κ2) is 8.80. The van der Waals surface area contributed by atoms with E-state index >= 15 is 0 Å². The Kier molecular flexibility index (Phi) is 6.70. The van der Waals surface area contributed by atoms with Crippen LogP contribution in [0.2, 0.25) is 0 Å². The maximum atomic E-state index is 11.5. The lowest BCUT2D eigenvalue weighted by Crippen LogP contribution is -2.31. The van der Waals surface area contributed by atoms with Crippen LogP contribution in [0.1, 0.15) is 18.4 Å². The molecular weight excluding hydrogens is 264 g/mol. The molecule has 1 saturated heterocycles. The molecule has 1 fully saturated rings. The average Bonchev–Trinajstić information content (AvgIpc) is 2.98. The average molecular weight is 290 g/mol. The number of hydrogen-bond donors (Lipinski definition) is 1. The third-order valence-electron chi connectivity index (χ3n) is 4.05. The Morgan fingerprint density at radius 2 is 2.19 bits per heavy atom. The molecule has 0 aromatic heterocycles. The fourth-order valence-corrected chi connectivity index (χ4v) is 2.76. The van der Waals surface area contributed by atoms with Gasteiger partial charge in [-0.2, -0.15) is 0 Å². The van der Waals surface area contributed by atoms with Crippen LogP contribution in [0.4, 0.5) is 0 Å². The van der Waals surface area contributed by atoms with Gasteiger partial charge in [0.2, 0.25) is 5.91 Å². The molecule has 116 valence electrons. The van der Waals surface area contributed by atoms with E-state index in [0.717, 1.165) is 32.6 Å². The first-order chi connectivity index (χ1) is 10.3. The summed E-state index contributed by atoms with van der Waals surface area (Å²) in [4.78, 5) is 14.0. The van der Waals surface area contributed by atoms with E-state index in [1.54, 1.807) is 7.11 Å². The number of rotatable bonds is 8. The van der Waals surface area contributed by atoms with Crippen LogP contribution >= 0.6 is 0 Å². The number of carbonyl (C=O) groups excluding carboxylic acids is 1. The van der Waals surface area contributed by atoms with Crippen molar-refractivity contribution in [3.05, 3.63) is 35.9 Å². The Morgan fingerprint density at radius 3 is 2.95 bits per heavy atom. The van der Waals surface area contributed by atoms with Gasteiger partial charge in [0.1, 0.15) is 0 Å². The molecule has 0 aliphatic carbocycles. The van der Waals surface area contributed by atoms with Crippen LogP contribution in [0.15, 0.2) is 30.3 Å². The lowest BCUT2D eigenvalue weighted by Gasteiger charge is -2.16. The minimum absolute atomic E-state index is 0.0968. The SMILES string of the molecule is COCCC(=O)NCC1CCN(CCc2ccccc2)C1. The van der Waals surface area contributed by atoms with Crippen molar-refractivity contribution in [3.8, 4) is 0 Å². The number of benzene rings is 1. The molecule has 21 heavy (non-hydrogen) atoms. The monoisotopic (exact) mass is 290 g/mol. The zero-order valence-electron chi connectivity index (χ0n) is 12.9. The number of nitrogens with one attached hydrogen (secondary N) is 1. The molecule has 0 saturated carbocycles. The van der Waals surface area contributed by atoms with Crippen molar-refractivity contribution in [2.45, 2.75) is 19.3 Å². The van der Waals surface area contributed by atoms with Crippen molar-refractivity contribution in [2.24, 2.45) is 5.92 Å². The van der Waals surface area contributed by atoms with Crippen LogP contribution in [-0.2, 0) is 16.0 Å². The van der Waals surface area contributed by atoms with Crippen molar-refractivity contribution >= 4 is 5.91 Å². The summed E-state index contributed by atoms with van der Waals surface area (Å²) < 4.78 is 4.91. The Hall–Kier alpha value is -1.39. The maximum Gasteiger partial charge on any atom is 0.222 e. The van der Waals surface area contributed by atoms with Crippen LogP contribution in [0.5, 0.6) is 0 Å². The van der Waals surface area contributed by atoms with E-state index in [9.17, 15) is 4.79 Å². The third kappa shape index (κ3) is 5.86. The number of ether oxygens (including phenoxy) is 1. The van der Waals surface area contributed by atoms with E-state index in [0.29, 0.717) is 18.9 Å². The molecule has 1 atom stereocenters. The lowest BCUT2D eigenvalue weighted by atomic mass is 10.1. The minimum Gasteiger partial charge on any atom is -0.384 e. The molecule has 4 heteroatoms. The number of amides is 1. The first-order valence-electron chi connectivity index (χ1n) is 7.80. The van der Waals surface area contributed by atoms with Crippen molar-refractivity contribution < 1.29 is 9.53 Å². The first-order valence-corrected chi connectivity index (χ1v) is 7.80. The molecule has 1 N–H and O–H groups in total. The van der Waals surface area contributed by atoms with Gasteiger partial charge in [0.05, 0.1) is 6.61 Å². The van der Waals surface area contributed by atoms with Crippen molar-refractivity contribution in [1.82, 2.24) is 10.2 Å². The summed E-state index contributed by atoms with van der Waals surface area (Å²) in [6.45, 7) is 4.64. The van der Waals surface area contributed by atoms with E-state index < -0.39 is 0 Å². The standard InChI is InChI=1S/C17H26N2O2/c1-21-12-9-17(20)18-13-16-8-11-19(14-16)10-7-15-5-3-2-4-6-15/h2-6,16H,7-14H2,1H3,(H,18,20). The van der Waals surface area contributed by atoms with Gasteiger partial charge in [0.25, 0.3) is 0 Å². The summed E-state index contributed by atoms with van der Waals surface area (Å²) in [7, 11) is 1.62. The largest absolute Gasteiger partial charge is 0.384 e. The molecule has 1 aliphatic heterocycles. The van der Waals surface area contributed by atoms with Gasteiger partial charge in [-0.1, -0.05) is 30.3 Å². The Balaban J connectivity index is 1.61. The highest BCUT2D eigenvalue weighted by Crippen LogP contribution is 2.16. The minimum atomic E-state index is 0.0968. The van der Waals surface area contributed by atoms with Crippen molar-refractivity contribution in [1.29, 1.82) is 0 Å². The van der Waals surface area contributed by atoms with E-state index in [-0.39, 0.29) is 5.91 Å². The predicted molar refractivity (Wildman–Crippen MR) is 84.2 cm³/mol. The maximum absolute atomic E-state index is 11.5. The van der Waals surface area contributed by atoms with Gasteiger partial charge in [0, 0.05) is 33.2 Å². The molecule has 4 nitrogen and oxygen atoms in total. The summed E-state index contributed by atoms with van der Waals surface area (Å²) in [5, 5.41) is 3.01. The van der Waals surface area contributed by atoms with Gasteiger partial charge < -0.3 is 15.0 Å². The van der Waals surface area contributed by atoms with Crippen LogP contribution in [0, 0.1) is 5.92 Å². The van der Waals surface area contributed by atoms with Gasteiger partial charge in [-0.3, -0.25) is 4.79 Å². The van der Waals surface area contributed by atoms with Gasteiger partial charge in [0.15, 0.2) is 0 Å². The van der Waals surface area contributed by atoms with Gasteiger partial charge in [-0.05, 0) is 30.9 Å². The highest BCUT2D eigenvalue weighted by atomic mass is 16.5. The Morgan fingerprint density at radius 1 is 1.38 bits per heavy atom. The number of methoxy groups -OCH3 is 1. The molecule has 1 heterocycles. The molecule has 1 aromatic carbocycles. The van der Waals surface area contributed by atoms with E-state index in [1.807, 2.05) is 0 Å². The molecular formula is C17H26N2O2. The fourth-order valence-electron chi connectivity index (χ4n) is 2.76. The normalized spacial score (nSPS) is 18.8. The van der Waals surface area contributed by atoms with Crippen LogP contribution in [0.3, 0.4) is 0 Å². The molecule has 0 radical (unpaired) electrons. The third-order valence-corrected chi connectivity index (χ3v) is 4.05. The van der Waals surface area contributed by atoms with Crippen LogP contribution < -0.4 is 5.32 Å². The zero-order chi connectivity index (χ0) is 14.9. The van der Waals surface area contributed by atoms with Gasteiger partial charge in [-0.25, -0.2) is 0 Å². The molecule has 0 spiro atoms. The molecule has 1 aromatic rings. The van der Waals surface area contributed by atoms with Crippen molar-refractivity contribution in [2.75, 3.05) is 39.9 Å². The Labute approximate surface area is 127 Å². The Bertz CT molecular complexity index is 422. The first kappa shape index (κ1) is 16.0. The molecule has 2 rings (SSSR count). The van der Waals surface area contributed by atoms with E-state index in [2.05, 4.69) is 40.5 Å². The summed E-state index contributed by atoms with van der Waals surface area (Å²) in [6, 6.07) is 10.6. The highest BCUT2D eigenvalue weighted by Gasteiger charge is 2.22. The summed E-state index contributed by atoms with van der Waals surface area (Å²) in [5.41, 5.74) is 1.40. The summed E-state index contributed by atoms with van der Waals surface area (Å²) in [5.74, 6) is 0.687. The van der Waals surface area contributed by atoms with Crippen LogP contribution in [-0.4, -0.2) is 50.7 Å². The summed E-state index contributed by atoms with van der Waals surface area (Å²) >= 11 is 0. The van der Waals surface area contributed by atoms with Crippen molar-refractivity contribution in [3.63, 3.8) is 0 Å². The molecule has 0 bridgehead atoms. The van der Waals surface area contributed by atoms with E-state index in [1.165, 1.54) is 12.0 Å². The summed E-state index contributed by atoms with van der Waals surface area (Å²) in [6.07, 6.45) is 2.74. The number of likely N-dealkylation sites (tertiary alicyclic amines) is 1.